The summed E-state index contributed by atoms with van der Waals surface area (Å²) in [7, 11) is 0. The number of nitrogens with two attached hydrogens (primary N) is 1. The van der Waals surface area contributed by atoms with Crippen LogP contribution < -0.4 is 5.73 Å². The number of rotatable bonds is 5. The minimum Gasteiger partial charge on any atom is -0.337 e. The Morgan fingerprint density at radius 2 is 1.75 bits per heavy atom. The Bertz CT molecular complexity index is 553. The van der Waals surface area contributed by atoms with Gasteiger partial charge in [0.2, 0.25) is 11.7 Å². The fourth-order valence-corrected chi connectivity index (χ4v) is 2.11. The van der Waals surface area contributed by atoms with E-state index in [1.165, 1.54) is 5.56 Å². The molecule has 4 heteroatoms. The van der Waals surface area contributed by atoms with Crippen molar-refractivity contribution in [3.05, 3.63) is 35.7 Å². The molecule has 1 aromatic carbocycles. The first-order chi connectivity index (χ1) is 9.50. The van der Waals surface area contributed by atoms with Crippen LogP contribution in [0.15, 0.2) is 28.8 Å². The Morgan fingerprint density at radius 3 is 2.25 bits per heavy atom. The van der Waals surface area contributed by atoms with E-state index in [-0.39, 0.29) is 0 Å². The maximum Gasteiger partial charge on any atom is 0.247 e. The van der Waals surface area contributed by atoms with E-state index in [2.05, 4.69) is 36.1 Å². The van der Waals surface area contributed by atoms with Crippen molar-refractivity contribution in [1.82, 2.24) is 10.1 Å². The van der Waals surface area contributed by atoms with E-state index in [0.717, 1.165) is 18.4 Å². The van der Waals surface area contributed by atoms with Gasteiger partial charge in [-0.05, 0) is 24.3 Å². The highest BCUT2D eigenvalue weighted by Crippen LogP contribution is 2.27. The van der Waals surface area contributed by atoms with Crippen LogP contribution in [0, 0.1) is 0 Å². The van der Waals surface area contributed by atoms with Gasteiger partial charge in [0.1, 0.15) is 0 Å². The first kappa shape index (κ1) is 14.7. The summed E-state index contributed by atoms with van der Waals surface area (Å²) in [5.41, 5.74) is 8.01. The van der Waals surface area contributed by atoms with Crippen LogP contribution in [0.25, 0.3) is 11.4 Å². The summed E-state index contributed by atoms with van der Waals surface area (Å²) < 4.78 is 5.36. The molecule has 0 saturated carbocycles. The van der Waals surface area contributed by atoms with Gasteiger partial charge >= 0.3 is 0 Å². The van der Waals surface area contributed by atoms with E-state index in [1.54, 1.807) is 0 Å². The lowest BCUT2D eigenvalue weighted by atomic mass is 9.94. The van der Waals surface area contributed by atoms with Crippen LogP contribution in [0.4, 0.5) is 0 Å². The van der Waals surface area contributed by atoms with Gasteiger partial charge in [-0.25, -0.2) is 0 Å². The zero-order valence-corrected chi connectivity index (χ0v) is 12.7. The number of hydrogen-bond donors (Lipinski definition) is 1. The van der Waals surface area contributed by atoms with E-state index in [4.69, 9.17) is 10.3 Å². The molecular weight excluding hydrogens is 250 g/mol. The lowest BCUT2D eigenvalue weighted by Crippen LogP contribution is -2.35. The van der Waals surface area contributed by atoms with Gasteiger partial charge in [-0.2, -0.15) is 4.98 Å². The SMILES string of the molecule is CCC(N)(CC)c1nc(-c2ccc(C(C)C)cc2)no1. The third-order valence-electron chi connectivity index (χ3n) is 3.95. The second-order valence-corrected chi connectivity index (χ2v) is 5.56. The van der Waals surface area contributed by atoms with Crippen LogP contribution in [0.3, 0.4) is 0 Å². The van der Waals surface area contributed by atoms with E-state index in [1.807, 2.05) is 26.0 Å². The monoisotopic (exact) mass is 273 g/mol. The summed E-state index contributed by atoms with van der Waals surface area (Å²) in [5, 5.41) is 4.06. The van der Waals surface area contributed by atoms with Crippen molar-refractivity contribution >= 4 is 0 Å². The molecule has 0 aliphatic heterocycles. The van der Waals surface area contributed by atoms with Gasteiger partial charge in [-0.1, -0.05) is 57.1 Å². The molecule has 4 nitrogen and oxygen atoms in total. The quantitative estimate of drug-likeness (QED) is 0.899. The van der Waals surface area contributed by atoms with Gasteiger partial charge in [-0.15, -0.1) is 0 Å². The fraction of sp³-hybridized carbons (Fsp3) is 0.500. The van der Waals surface area contributed by atoms with Crippen molar-refractivity contribution in [3.63, 3.8) is 0 Å². The standard InChI is InChI=1S/C16H23N3O/c1-5-16(17,6-2)15-18-14(19-20-15)13-9-7-12(8-10-13)11(3)4/h7-11H,5-6,17H2,1-4H3. The van der Waals surface area contributed by atoms with Crippen molar-refractivity contribution in [2.24, 2.45) is 5.73 Å². The summed E-state index contributed by atoms with van der Waals surface area (Å²) in [4.78, 5) is 4.47. The van der Waals surface area contributed by atoms with Gasteiger partial charge in [0.15, 0.2) is 0 Å². The minimum atomic E-state index is -0.525. The average Bonchev–Trinajstić information content (AvgIpc) is 2.97. The predicted molar refractivity (Wildman–Crippen MR) is 80.3 cm³/mol. The van der Waals surface area contributed by atoms with Gasteiger partial charge in [0.25, 0.3) is 0 Å². The van der Waals surface area contributed by atoms with Crippen molar-refractivity contribution in [2.45, 2.75) is 52.0 Å². The van der Waals surface area contributed by atoms with Crippen LogP contribution >= 0.6 is 0 Å². The molecule has 108 valence electrons. The molecule has 0 unspecified atom stereocenters. The highest BCUT2D eigenvalue weighted by molar-refractivity contribution is 5.55. The summed E-state index contributed by atoms with van der Waals surface area (Å²) in [6.07, 6.45) is 1.55. The number of hydrogen-bond acceptors (Lipinski definition) is 4. The molecule has 0 fully saturated rings. The predicted octanol–water partition coefficient (Wildman–Crippen LogP) is 3.83. The molecule has 0 saturated heterocycles. The molecule has 1 heterocycles. The lowest BCUT2D eigenvalue weighted by molar-refractivity contribution is 0.268. The smallest absolute Gasteiger partial charge is 0.247 e. The molecule has 2 rings (SSSR count). The van der Waals surface area contributed by atoms with Gasteiger partial charge in [-0.3, -0.25) is 0 Å². The minimum absolute atomic E-state index is 0.516. The third kappa shape index (κ3) is 2.75. The third-order valence-corrected chi connectivity index (χ3v) is 3.95. The van der Waals surface area contributed by atoms with Crippen molar-refractivity contribution in [3.8, 4) is 11.4 Å². The molecule has 0 spiro atoms. The van der Waals surface area contributed by atoms with Crippen molar-refractivity contribution in [2.75, 3.05) is 0 Å². The van der Waals surface area contributed by atoms with Gasteiger partial charge < -0.3 is 10.3 Å². The normalized spacial score (nSPS) is 12.1. The number of nitrogens with zero attached hydrogens (tertiary/aromatic N) is 2. The molecule has 0 atom stereocenters. The molecule has 0 aliphatic rings. The number of aromatic nitrogens is 2. The summed E-state index contributed by atoms with van der Waals surface area (Å²) in [6, 6.07) is 8.26. The van der Waals surface area contributed by atoms with Crippen molar-refractivity contribution in [1.29, 1.82) is 0 Å². The van der Waals surface area contributed by atoms with Gasteiger partial charge in [0.05, 0.1) is 5.54 Å². The summed E-state index contributed by atoms with van der Waals surface area (Å²) in [5.74, 6) is 1.64. The Labute approximate surface area is 120 Å². The highest BCUT2D eigenvalue weighted by Gasteiger charge is 2.30. The zero-order chi connectivity index (χ0) is 14.8. The highest BCUT2D eigenvalue weighted by atomic mass is 16.5. The average molecular weight is 273 g/mol. The molecule has 2 aromatic rings. The molecule has 2 N–H and O–H groups in total. The van der Waals surface area contributed by atoms with E-state index < -0.39 is 5.54 Å². The van der Waals surface area contributed by atoms with Crippen molar-refractivity contribution < 1.29 is 4.52 Å². The molecule has 20 heavy (non-hydrogen) atoms. The van der Waals surface area contributed by atoms with Gasteiger partial charge in [0, 0.05) is 5.56 Å². The summed E-state index contributed by atoms with van der Waals surface area (Å²) >= 11 is 0. The molecule has 0 aliphatic carbocycles. The topological polar surface area (TPSA) is 64.9 Å². The maximum absolute atomic E-state index is 6.28. The van der Waals surface area contributed by atoms with Crippen LogP contribution in [0.1, 0.15) is 57.9 Å². The molecule has 1 aromatic heterocycles. The Morgan fingerprint density at radius 1 is 1.15 bits per heavy atom. The number of benzene rings is 1. The molecule has 0 bridgehead atoms. The van der Waals surface area contributed by atoms with Crippen LogP contribution in [0.5, 0.6) is 0 Å². The maximum atomic E-state index is 6.28. The molecule has 0 amide bonds. The summed E-state index contributed by atoms with van der Waals surface area (Å²) in [6.45, 7) is 8.41. The van der Waals surface area contributed by atoms with E-state index in [0.29, 0.717) is 17.6 Å². The molecule has 0 radical (unpaired) electrons. The Hall–Kier alpha value is -1.68. The Kier molecular flexibility index (Phi) is 4.23. The lowest BCUT2D eigenvalue weighted by Gasteiger charge is -2.20. The molecular formula is C16H23N3O. The first-order valence-electron chi connectivity index (χ1n) is 7.23. The van der Waals surface area contributed by atoms with E-state index >= 15 is 0 Å². The largest absolute Gasteiger partial charge is 0.337 e. The zero-order valence-electron chi connectivity index (χ0n) is 12.7. The second kappa shape index (κ2) is 5.75. The second-order valence-electron chi connectivity index (χ2n) is 5.56. The van der Waals surface area contributed by atoms with Crippen LogP contribution in [-0.2, 0) is 5.54 Å². The first-order valence-corrected chi connectivity index (χ1v) is 7.23. The van der Waals surface area contributed by atoms with Crippen LogP contribution in [-0.4, -0.2) is 10.1 Å². The van der Waals surface area contributed by atoms with E-state index in [9.17, 15) is 0 Å². The fourth-order valence-electron chi connectivity index (χ4n) is 2.11. The Balaban J connectivity index is 2.29. The van der Waals surface area contributed by atoms with Crippen LogP contribution in [0.2, 0.25) is 0 Å².